The van der Waals surface area contributed by atoms with Crippen LogP contribution in [0.5, 0.6) is 0 Å². The minimum Gasteiger partial charge on any atom is -0.456 e. The van der Waals surface area contributed by atoms with Gasteiger partial charge in [-0.15, -0.1) is 0 Å². The van der Waals surface area contributed by atoms with E-state index in [4.69, 9.17) is 17.7 Å². The van der Waals surface area contributed by atoms with Gasteiger partial charge >= 0.3 is 0 Å². The number of hydrogen-bond acceptors (Lipinski definition) is 4. The van der Waals surface area contributed by atoms with Crippen molar-refractivity contribution in [1.29, 1.82) is 0 Å². The van der Waals surface area contributed by atoms with Crippen LogP contribution >= 0.6 is 23.9 Å². The third-order valence-corrected chi connectivity index (χ3v) is 15.5. The maximum absolute atomic E-state index is 6.30. The first kappa shape index (κ1) is 38.7. The zero-order valence-corrected chi connectivity index (χ0v) is 37.7. The lowest BCUT2D eigenvalue weighted by Crippen LogP contribution is -2.20. The quantitative estimate of drug-likeness (QED) is 0.161. The number of para-hydroxylation sites is 2. The van der Waals surface area contributed by atoms with Gasteiger partial charge in [-0.3, -0.25) is 0 Å². The van der Waals surface area contributed by atoms with E-state index in [-0.39, 0.29) is 0 Å². The van der Waals surface area contributed by atoms with Crippen molar-refractivity contribution in [2.45, 2.75) is 0 Å². The van der Waals surface area contributed by atoms with Crippen molar-refractivity contribution in [1.82, 2.24) is 0 Å². The maximum atomic E-state index is 6.30. The molecule has 0 N–H and O–H groups in total. The van der Waals surface area contributed by atoms with Crippen molar-refractivity contribution in [3.05, 3.63) is 223 Å². The number of halogens is 1. The Bertz CT molecular complexity index is 4100. The molecule has 0 atom stereocenters. The van der Waals surface area contributed by atoms with Crippen LogP contribution in [-0.4, -0.2) is 0 Å². The molecule has 14 rings (SSSR count). The van der Waals surface area contributed by atoms with Crippen LogP contribution in [0.2, 0.25) is 0 Å². The van der Waals surface area contributed by atoms with Crippen molar-refractivity contribution in [3.8, 4) is 22.3 Å². The Labute approximate surface area is 388 Å². The van der Waals surface area contributed by atoms with Crippen LogP contribution in [0.4, 0.5) is 0 Å². The molecule has 0 spiro atoms. The Hall–Kier alpha value is -7.69. The van der Waals surface area contributed by atoms with Gasteiger partial charge in [0.2, 0.25) is 0 Å². The first-order valence-corrected chi connectivity index (χ1v) is 24.0. The highest BCUT2D eigenvalue weighted by Crippen LogP contribution is 2.40. The second-order valence-corrected chi connectivity index (χ2v) is 19.7. The van der Waals surface area contributed by atoms with Crippen LogP contribution in [0, 0.1) is 0 Å². The number of rotatable bonds is 5. The molecular formula is C60H36BrO4P. The van der Waals surface area contributed by atoms with Crippen LogP contribution < -0.4 is 15.9 Å². The van der Waals surface area contributed by atoms with Crippen LogP contribution in [0.3, 0.4) is 0 Å². The third-order valence-electron chi connectivity index (χ3n) is 12.6. The Morgan fingerprint density at radius 2 is 0.561 bits per heavy atom. The normalized spacial score (nSPS) is 11.8. The van der Waals surface area contributed by atoms with Gasteiger partial charge in [-0.25, -0.2) is 0 Å². The van der Waals surface area contributed by atoms with Gasteiger partial charge in [0, 0.05) is 47.6 Å². The largest absolute Gasteiger partial charge is 0.456 e. The standard InChI is InChI=1S/C36H23O2P.C24H13BrO2/c1-3-9-26(10-4-1)39(27-11-5-2-6-12-27)28-17-20-36-32(23-28)31-22-25(16-19-35(31)38-36)24-15-18-34-30(21-24)29-13-7-8-14-33(29)37-34;25-16-7-10-24-20(13-16)19-12-15(6-9-23(19)27-24)14-5-8-22-18(11-14)17-3-1-2-4-21(17)26-22/h1-23H;1-13H. The van der Waals surface area contributed by atoms with E-state index in [1.165, 1.54) is 21.5 Å². The molecule has 4 aromatic heterocycles. The van der Waals surface area contributed by atoms with Gasteiger partial charge in [0.15, 0.2) is 0 Å². The number of furan rings is 4. The highest BCUT2D eigenvalue weighted by atomic mass is 79.9. The van der Waals surface area contributed by atoms with Crippen LogP contribution in [0.25, 0.3) is 110 Å². The van der Waals surface area contributed by atoms with E-state index < -0.39 is 7.92 Å². The molecule has 0 unspecified atom stereocenters. The van der Waals surface area contributed by atoms with Gasteiger partial charge in [-0.05, 0) is 137 Å². The van der Waals surface area contributed by atoms with Gasteiger partial charge in [0.1, 0.15) is 44.7 Å². The highest BCUT2D eigenvalue weighted by molar-refractivity contribution is 9.10. The van der Waals surface area contributed by atoms with Gasteiger partial charge in [-0.1, -0.05) is 143 Å². The zero-order valence-electron chi connectivity index (χ0n) is 35.2. The molecule has 0 saturated carbocycles. The summed E-state index contributed by atoms with van der Waals surface area (Å²) in [6.45, 7) is 0. The summed E-state index contributed by atoms with van der Waals surface area (Å²) in [7, 11) is -0.691. The molecule has 0 aliphatic rings. The van der Waals surface area contributed by atoms with Crippen molar-refractivity contribution in [2.75, 3.05) is 0 Å². The summed E-state index contributed by atoms with van der Waals surface area (Å²) in [4.78, 5) is 0. The molecule has 0 bridgehead atoms. The van der Waals surface area contributed by atoms with E-state index in [9.17, 15) is 0 Å². The SMILES string of the molecule is Brc1ccc2oc3ccc(-c4ccc5oc6ccccc6c5c4)cc3c2c1.c1ccc(P(c2ccccc2)c2ccc3oc4ccc(-c5ccc6oc7ccccc7c6c5)cc4c3c2)cc1. The molecule has 0 radical (unpaired) electrons. The molecule has 4 heterocycles. The van der Waals surface area contributed by atoms with Crippen LogP contribution in [0.1, 0.15) is 0 Å². The average molecular weight is 932 g/mol. The fraction of sp³-hybridized carbons (Fsp3) is 0. The Morgan fingerprint density at radius 1 is 0.242 bits per heavy atom. The summed E-state index contributed by atoms with van der Waals surface area (Å²) in [5.41, 5.74) is 12.0. The molecule has 6 heteroatoms. The van der Waals surface area contributed by atoms with E-state index in [0.717, 1.165) is 109 Å². The lowest BCUT2D eigenvalue weighted by molar-refractivity contribution is 0.668. The van der Waals surface area contributed by atoms with Crippen molar-refractivity contribution in [2.24, 2.45) is 0 Å². The highest BCUT2D eigenvalue weighted by Gasteiger charge is 2.19. The first-order chi connectivity index (χ1) is 32.6. The lowest BCUT2D eigenvalue weighted by Gasteiger charge is -2.19. The first-order valence-electron chi connectivity index (χ1n) is 21.9. The smallest absolute Gasteiger partial charge is 0.135 e. The predicted molar refractivity (Wildman–Crippen MR) is 279 cm³/mol. The number of fused-ring (bicyclic) bond motifs is 12. The molecule has 14 aromatic rings. The molecule has 0 amide bonds. The monoisotopic (exact) mass is 930 g/mol. The molecule has 0 aliphatic heterocycles. The molecule has 0 aliphatic carbocycles. The Morgan fingerprint density at radius 3 is 1.00 bits per heavy atom. The molecule has 10 aromatic carbocycles. The minimum absolute atomic E-state index is 0.691. The fourth-order valence-corrected chi connectivity index (χ4v) is 12.1. The molecule has 66 heavy (non-hydrogen) atoms. The van der Waals surface area contributed by atoms with E-state index in [2.05, 4.69) is 192 Å². The second kappa shape index (κ2) is 15.8. The lowest BCUT2D eigenvalue weighted by atomic mass is 10.0. The molecular weight excluding hydrogens is 896 g/mol. The summed E-state index contributed by atoms with van der Waals surface area (Å²) >= 11 is 3.56. The van der Waals surface area contributed by atoms with E-state index in [1.54, 1.807) is 0 Å². The summed E-state index contributed by atoms with van der Waals surface area (Å²) in [5, 5.41) is 13.1. The maximum Gasteiger partial charge on any atom is 0.135 e. The summed E-state index contributed by atoms with van der Waals surface area (Å²) in [5.74, 6) is 0. The van der Waals surface area contributed by atoms with Crippen molar-refractivity contribution < 1.29 is 17.7 Å². The molecule has 0 saturated heterocycles. The van der Waals surface area contributed by atoms with E-state index >= 15 is 0 Å². The van der Waals surface area contributed by atoms with Gasteiger partial charge < -0.3 is 17.7 Å². The minimum atomic E-state index is -0.691. The van der Waals surface area contributed by atoms with Gasteiger partial charge in [0.25, 0.3) is 0 Å². The molecule has 312 valence electrons. The summed E-state index contributed by atoms with van der Waals surface area (Å²) < 4.78 is 25.3. The fourth-order valence-electron chi connectivity index (χ4n) is 9.43. The number of benzene rings is 10. The van der Waals surface area contributed by atoms with Gasteiger partial charge in [0.05, 0.1) is 0 Å². The predicted octanol–water partition coefficient (Wildman–Crippen LogP) is 16.8. The zero-order chi connectivity index (χ0) is 43.7. The van der Waals surface area contributed by atoms with Gasteiger partial charge in [-0.2, -0.15) is 0 Å². The number of hydrogen-bond donors (Lipinski definition) is 0. The van der Waals surface area contributed by atoms with Crippen molar-refractivity contribution in [3.63, 3.8) is 0 Å². The summed E-state index contributed by atoms with van der Waals surface area (Å²) in [6.07, 6.45) is 0. The van der Waals surface area contributed by atoms with Crippen LogP contribution in [0.15, 0.2) is 241 Å². The third kappa shape index (κ3) is 6.70. The Kier molecular flexibility index (Phi) is 9.26. The van der Waals surface area contributed by atoms with Crippen molar-refractivity contribution >= 4 is 128 Å². The second-order valence-electron chi connectivity index (χ2n) is 16.6. The average Bonchev–Trinajstić information content (AvgIpc) is 4.14. The summed E-state index contributed by atoms with van der Waals surface area (Å²) in [6, 6.07) is 76.6. The van der Waals surface area contributed by atoms with Crippen LogP contribution in [-0.2, 0) is 0 Å². The molecule has 4 nitrogen and oxygen atoms in total. The Balaban J connectivity index is 0.000000141. The molecule has 0 fully saturated rings. The van der Waals surface area contributed by atoms with E-state index in [1.807, 2.05) is 42.5 Å². The van der Waals surface area contributed by atoms with E-state index in [0.29, 0.717) is 0 Å². The topological polar surface area (TPSA) is 52.6 Å².